The van der Waals surface area contributed by atoms with Crippen LogP contribution in [0, 0.1) is 6.92 Å². The first kappa shape index (κ1) is 13.8. The van der Waals surface area contributed by atoms with E-state index in [9.17, 15) is 0 Å². The maximum atomic E-state index is 5.71. The van der Waals surface area contributed by atoms with Crippen LogP contribution < -0.4 is 14.8 Å². The Morgan fingerprint density at radius 2 is 2.00 bits per heavy atom. The first-order valence-electron chi connectivity index (χ1n) is 6.26. The summed E-state index contributed by atoms with van der Waals surface area (Å²) in [6.45, 7) is 7.00. The van der Waals surface area contributed by atoms with Crippen molar-refractivity contribution in [2.24, 2.45) is 0 Å². The van der Waals surface area contributed by atoms with Gasteiger partial charge >= 0.3 is 0 Å². The summed E-state index contributed by atoms with van der Waals surface area (Å²) in [6, 6.07) is 6.00. The number of unbranched alkanes of at least 4 members (excludes halogenated alkanes) is 1. The smallest absolute Gasteiger partial charge is 0.161 e. The van der Waals surface area contributed by atoms with E-state index in [0.29, 0.717) is 0 Å². The molecular formula is C14H23NO2. The largest absolute Gasteiger partial charge is 0.493 e. The standard InChI is InChI=1S/C14H23NO2/c1-4-15-9-5-6-10-17-13-8-7-12(2)11-14(13)16-3/h7-8,11,15H,4-6,9-10H2,1-3H3. The minimum absolute atomic E-state index is 0.741. The first-order chi connectivity index (χ1) is 8.27. The fourth-order valence-electron chi connectivity index (χ4n) is 1.61. The topological polar surface area (TPSA) is 30.5 Å². The molecule has 0 amide bonds. The summed E-state index contributed by atoms with van der Waals surface area (Å²) in [5.74, 6) is 1.65. The Hall–Kier alpha value is -1.22. The molecule has 0 aliphatic rings. The molecule has 3 heteroatoms. The fraction of sp³-hybridized carbons (Fsp3) is 0.571. The number of benzene rings is 1. The van der Waals surface area contributed by atoms with Gasteiger partial charge in [0.1, 0.15) is 0 Å². The van der Waals surface area contributed by atoms with Gasteiger partial charge in [-0.2, -0.15) is 0 Å². The predicted octanol–water partition coefficient (Wildman–Crippen LogP) is 2.77. The monoisotopic (exact) mass is 237 g/mol. The third-order valence-electron chi connectivity index (χ3n) is 2.57. The quantitative estimate of drug-likeness (QED) is 0.705. The summed E-state index contributed by atoms with van der Waals surface area (Å²) in [4.78, 5) is 0. The highest BCUT2D eigenvalue weighted by Crippen LogP contribution is 2.27. The molecule has 0 bridgehead atoms. The van der Waals surface area contributed by atoms with Gasteiger partial charge in [0.2, 0.25) is 0 Å². The lowest BCUT2D eigenvalue weighted by Crippen LogP contribution is -2.14. The average molecular weight is 237 g/mol. The van der Waals surface area contributed by atoms with Gasteiger partial charge in [-0.1, -0.05) is 13.0 Å². The van der Waals surface area contributed by atoms with Gasteiger partial charge in [-0.25, -0.2) is 0 Å². The van der Waals surface area contributed by atoms with Crippen LogP contribution >= 0.6 is 0 Å². The van der Waals surface area contributed by atoms with Crippen LogP contribution in [0.15, 0.2) is 18.2 Å². The lowest BCUT2D eigenvalue weighted by molar-refractivity contribution is 0.286. The molecule has 0 aromatic heterocycles. The van der Waals surface area contributed by atoms with E-state index in [4.69, 9.17) is 9.47 Å². The highest BCUT2D eigenvalue weighted by molar-refractivity contribution is 5.42. The molecule has 0 unspecified atom stereocenters. The van der Waals surface area contributed by atoms with Crippen molar-refractivity contribution in [2.75, 3.05) is 26.8 Å². The maximum absolute atomic E-state index is 5.71. The number of methoxy groups -OCH3 is 1. The van der Waals surface area contributed by atoms with Crippen LogP contribution in [0.1, 0.15) is 25.3 Å². The second kappa shape index (κ2) is 7.96. The number of nitrogens with one attached hydrogen (secondary N) is 1. The third kappa shape index (κ3) is 5.09. The van der Waals surface area contributed by atoms with Crippen molar-refractivity contribution in [1.82, 2.24) is 5.32 Å². The minimum atomic E-state index is 0.741. The highest BCUT2D eigenvalue weighted by Gasteiger charge is 2.03. The number of hydrogen-bond acceptors (Lipinski definition) is 3. The molecular weight excluding hydrogens is 214 g/mol. The highest BCUT2D eigenvalue weighted by atomic mass is 16.5. The number of ether oxygens (including phenoxy) is 2. The summed E-state index contributed by atoms with van der Waals surface area (Å²) in [7, 11) is 1.67. The van der Waals surface area contributed by atoms with E-state index in [1.165, 1.54) is 5.56 Å². The van der Waals surface area contributed by atoms with E-state index < -0.39 is 0 Å². The van der Waals surface area contributed by atoms with Gasteiger partial charge in [0, 0.05) is 0 Å². The Kier molecular flexibility index (Phi) is 6.48. The third-order valence-corrected chi connectivity index (χ3v) is 2.57. The molecule has 0 saturated heterocycles. The number of hydrogen-bond donors (Lipinski definition) is 1. The van der Waals surface area contributed by atoms with Crippen molar-refractivity contribution in [3.05, 3.63) is 23.8 Å². The molecule has 1 aromatic carbocycles. The van der Waals surface area contributed by atoms with Crippen molar-refractivity contribution in [1.29, 1.82) is 0 Å². The summed E-state index contributed by atoms with van der Waals surface area (Å²) in [6.07, 6.45) is 2.20. The van der Waals surface area contributed by atoms with Crippen LogP contribution in [0.25, 0.3) is 0 Å². The number of rotatable bonds is 8. The number of aryl methyl sites for hydroxylation is 1. The molecule has 1 N–H and O–H groups in total. The second-order valence-corrected chi connectivity index (χ2v) is 4.06. The summed E-state index contributed by atoms with van der Waals surface area (Å²) in [5, 5.41) is 3.30. The van der Waals surface area contributed by atoms with Gasteiger partial charge in [-0.15, -0.1) is 0 Å². The zero-order valence-electron chi connectivity index (χ0n) is 11.1. The fourth-order valence-corrected chi connectivity index (χ4v) is 1.61. The SMILES string of the molecule is CCNCCCCOc1ccc(C)cc1OC. The Bertz CT molecular complexity index is 326. The van der Waals surface area contributed by atoms with Crippen LogP contribution in [-0.4, -0.2) is 26.8 Å². The van der Waals surface area contributed by atoms with Gasteiger partial charge in [0.25, 0.3) is 0 Å². The van der Waals surface area contributed by atoms with Crippen LogP contribution in [-0.2, 0) is 0 Å². The lowest BCUT2D eigenvalue weighted by Gasteiger charge is -2.11. The molecule has 1 rings (SSSR count). The molecule has 0 radical (unpaired) electrons. The van der Waals surface area contributed by atoms with E-state index in [0.717, 1.165) is 44.0 Å². The summed E-state index contributed by atoms with van der Waals surface area (Å²) < 4.78 is 11.0. The van der Waals surface area contributed by atoms with Crippen LogP contribution in [0.4, 0.5) is 0 Å². The van der Waals surface area contributed by atoms with Crippen molar-refractivity contribution in [2.45, 2.75) is 26.7 Å². The van der Waals surface area contributed by atoms with Crippen molar-refractivity contribution < 1.29 is 9.47 Å². The first-order valence-corrected chi connectivity index (χ1v) is 6.26. The lowest BCUT2D eigenvalue weighted by atomic mass is 10.2. The Morgan fingerprint density at radius 3 is 2.71 bits per heavy atom. The maximum Gasteiger partial charge on any atom is 0.161 e. The Morgan fingerprint density at radius 1 is 1.18 bits per heavy atom. The molecule has 0 aliphatic heterocycles. The van der Waals surface area contributed by atoms with Crippen molar-refractivity contribution >= 4 is 0 Å². The van der Waals surface area contributed by atoms with Crippen LogP contribution in [0.3, 0.4) is 0 Å². The van der Waals surface area contributed by atoms with Crippen LogP contribution in [0.2, 0.25) is 0 Å². The van der Waals surface area contributed by atoms with Gasteiger partial charge < -0.3 is 14.8 Å². The van der Waals surface area contributed by atoms with E-state index >= 15 is 0 Å². The van der Waals surface area contributed by atoms with Crippen molar-refractivity contribution in [3.63, 3.8) is 0 Å². The predicted molar refractivity (Wildman–Crippen MR) is 71.0 cm³/mol. The van der Waals surface area contributed by atoms with Gasteiger partial charge in [-0.3, -0.25) is 0 Å². The van der Waals surface area contributed by atoms with Crippen molar-refractivity contribution in [3.8, 4) is 11.5 Å². The molecule has 0 saturated carbocycles. The summed E-state index contributed by atoms with van der Waals surface area (Å²) in [5.41, 5.74) is 1.18. The summed E-state index contributed by atoms with van der Waals surface area (Å²) >= 11 is 0. The molecule has 96 valence electrons. The molecule has 3 nitrogen and oxygen atoms in total. The zero-order valence-corrected chi connectivity index (χ0v) is 11.1. The molecule has 1 aromatic rings. The molecule has 0 heterocycles. The van der Waals surface area contributed by atoms with Crippen LogP contribution in [0.5, 0.6) is 11.5 Å². The Balaban J connectivity index is 2.31. The molecule has 0 atom stereocenters. The minimum Gasteiger partial charge on any atom is -0.493 e. The second-order valence-electron chi connectivity index (χ2n) is 4.06. The normalized spacial score (nSPS) is 10.3. The van der Waals surface area contributed by atoms with E-state index in [2.05, 4.69) is 12.2 Å². The molecule has 0 aliphatic carbocycles. The molecule has 17 heavy (non-hydrogen) atoms. The van der Waals surface area contributed by atoms with Gasteiger partial charge in [0.05, 0.1) is 13.7 Å². The van der Waals surface area contributed by atoms with E-state index in [-0.39, 0.29) is 0 Å². The molecule has 0 fully saturated rings. The van der Waals surface area contributed by atoms with E-state index in [1.807, 2.05) is 25.1 Å². The zero-order chi connectivity index (χ0) is 12.5. The van der Waals surface area contributed by atoms with Gasteiger partial charge in [-0.05, 0) is 50.6 Å². The van der Waals surface area contributed by atoms with Gasteiger partial charge in [0.15, 0.2) is 11.5 Å². The molecule has 0 spiro atoms. The van der Waals surface area contributed by atoms with E-state index in [1.54, 1.807) is 7.11 Å². The average Bonchev–Trinajstić information content (AvgIpc) is 2.35. The Labute approximate surface area is 104 Å².